The first kappa shape index (κ1) is 10.2. The van der Waals surface area contributed by atoms with Crippen LogP contribution in [-0.4, -0.2) is 13.1 Å². The molecule has 0 spiro atoms. The summed E-state index contributed by atoms with van der Waals surface area (Å²) in [6.07, 6.45) is 1.23. The van der Waals surface area contributed by atoms with E-state index >= 15 is 0 Å². The van der Waals surface area contributed by atoms with Crippen LogP contribution in [0, 0.1) is 0 Å². The molecule has 0 aliphatic carbocycles. The Labute approximate surface area is 92.5 Å². The van der Waals surface area contributed by atoms with Crippen molar-refractivity contribution in [2.75, 3.05) is 7.11 Å². The number of thiophene rings is 1. The maximum Gasteiger partial charge on any atom is 0.305 e. The minimum Gasteiger partial charge on any atom is -0.469 e. The monoisotopic (exact) mass is 220 g/mol. The van der Waals surface area contributed by atoms with E-state index in [4.69, 9.17) is 0 Å². The van der Waals surface area contributed by atoms with Crippen molar-refractivity contribution in [3.63, 3.8) is 0 Å². The van der Waals surface area contributed by atoms with Gasteiger partial charge in [0.25, 0.3) is 0 Å². The fourth-order valence-corrected chi connectivity index (χ4v) is 2.55. The van der Waals surface area contributed by atoms with Crippen molar-refractivity contribution >= 4 is 27.4 Å². The van der Waals surface area contributed by atoms with E-state index in [1.54, 1.807) is 11.3 Å². The molecule has 0 unspecified atom stereocenters. The third-order valence-corrected chi connectivity index (χ3v) is 3.46. The molecule has 1 aromatic heterocycles. The number of benzene rings is 1. The van der Waals surface area contributed by atoms with Gasteiger partial charge < -0.3 is 4.74 Å². The highest BCUT2D eigenvalue weighted by atomic mass is 32.1. The lowest BCUT2D eigenvalue weighted by Crippen LogP contribution is -2.00. The molecule has 15 heavy (non-hydrogen) atoms. The lowest BCUT2D eigenvalue weighted by Gasteiger charge is -1.95. The summed E-state index contributed by atoms with van der Waals surface area (Å²) in [5.74, 6) is -0.146. The van der Waals surface area contributed by atoms with Crippen LogP contribution < -0.4 is 0 Å². The molecule has 1 aromatic carbocycles. The highest BCUT2D eigenvalue weighted by Crippen LogP contribution is 2.26. The van der Waals surface area contributed by atoms with Crippen molar-refractivity contribution in [1.82, 2.24) is 0 Å². The van der Waals surface area contributed by atoms with Crippen LogP contribution in [0.15, 0.2) is 30.3 Å². The van der Waals surface area contributed by atoms with Crippen molar-refractivity contribution in [3.8, 4) is 0 Å². The summed E-state index contributed by atoms with van der Waals surface area (Å²) in [6.45, 7) is 0. The number of esters is 1. The zero-order valence-corrected chi connectivity index (χ0v) is 9.34. The zero-order chi connectivity index (χ0) is 10.7. The van der Waals surface area contributed by atoms with Gasteiger partial charge in [-0.15, -0.1) is 11.3 Å². The predicted octanol–water partition coefficient (Wildman–Crippen LogP) is 3.01. The second kappa shape index (κ2) is 4.45. The molecule has 2 rings (SSSR count). The Bertz CT molecular complexity index is 440. The van der Waals surface area contributed by atoms with Crippen LogP contribution in [0.3, 0.4) is 0 Å². The van der Waals surface area contributed by atoms with E-state index in [1.165, 1.54) is 22.1 Å². The van der Waals surface area contributed by atoms with Crippen LogP contribution in [0.25, 0.3) is 10.1 Å². The second-order valence-electron chi connectivity index (χ2n) is 3.33. The van der Waals surface area contributed by atoms with E-state index in [0.29, 0.717) is 6.42 Å². The molecule has 2 nitrogen and oxygen atoms in total. The number of rotatable bonds is 3. The summed E-state index contributed by atoms with van der Waals surface area (Å²) in [7, 11) is 1.42. The first-order valence-electron chi connectivity index (χ1n) is 4.84. The van der Waals surface area contributed by atoms with Crippen LogP contribution in [-0.2, 0) is 16.0 Å². The molecule has 0 amide bonds. The maximum absolute atomic E-state index is 11.0. The van der Waals surface area contributed by atoms with Crippen LogP contribution >= 0.6 is 11.3 Å². The van der Waals surface area contributed by atoms with E-state index in [1.807, 2.05) is 12.1 Å². The Balaban J connectivity index is 2.12. The molecule has 0 fully saturated rings. The topological polar surface area (TPSA) is 26.3 Å². The fraction of sp³-hybridized carbons (Fsp3) is 0.250. The van der Waals surface area contributed by atoms with Gasteiger partial charge in [0.15, 0.2) is 0 Å². The van der Waals surface area contributed by atoms with E-state index in [0.717, 1.165) is 6.42 Å². The average Bonchev–Trinajstić information content (AvgIpc) is 2.68. The average molecular weight is 220 g/mol. The van der Waals surface area contributed by atoms with Gasteiger partial charge in [0.05, 0.1) is 13.5 Å². The Kier molecular flexibility index (Phi) is 3.02. The van der Waals surface area contributed by atoms with Gasteiger partial charge in [-0.25, -0.2) is 0 Å². The van der Waals surface area contributed by atoms with Crippen LogP contribution in [0.2, 0.25) is 0 Å². The second-order valence-corrected chi connectivity index (χ2v) is 4.49. The molecule has 0 radical (unpaired) electrons. The molecule has 0 aliphatic rings. The SMILES string of the molecule is COC(=O)CCc1cc2ccccc2s1. The van der Waals surface area contributed by atoms with E-state index in [2.05, 4.69) is 22.9 Å². The quantitative estimate of drug-likeness (QED) is 0.743. The summed E-state index contributed by atoms with van der Waals surface area (Å²) in [5.41, 5.74) is 0. The third-order valence-electron chi connectivity index (χ3n) is 2.28. The molecule has 2 aromatic rings. The molecule has 0 saturated carbocycles. The first-order valence-corrected chi connectivity index (χ1v) is 5.65. The van der Waals surface area contributed by atoms with Gasteiger partial charge >= 0.3 is 5.97 Å². The van der Waals surface area contributed by atoms with Gasteiger partial charge in [-0.3, -0.25) is 4.79 Å². The number of carbonyl (C=O) groups excluding carboxylic acids is 1. The molecule has 1 heterocycles. The Morgan fingerprint density at radius 3 is 2.93 bits per heavy atom. The standard InChI is InChI=1S/C12H12O2S/c1-14-12(13)7-6-10-8-9-4-2-3-5-11(9)15-10/h2-5,8H,6-7H2,1H3. The Morgan fingerprint density at radius 1 is 1.40 bits per heavy atom. The normalized spacial score (nSPS) is 10.5. The first-order chi connectivity index (χ1) is 7.29. The number of aryl methyl sites for hydroxylation is 1. The van der Waals surface area contributed by atoms with Crippen molar-refractivity contribution in [2.45, 2.75) is 12.8 Å². The fourth-order valence-electron chi connectivity index (χ4n) is 1.49. The van der Waals surface area contributed by atoms with Crippen molar-refractivity contribution < 1.29 is 9.53 Å². The number of fused-ring (bicyclic) bond motifs is 1. The van der Waals surface area contributed by atoms with Gasteiger partial charge in [-0.05, 0) is 23.9 Å². The molecule has 0 saturated heterocycles. The number of carbonyl (C=O) groups is 1. The summed E-state index contributed by atoms with van der Waals surface area (Å²) >= 11 is 1.74. The Hall–Kier alpha value is -1.35. The molecule has 0 bridgehead atoms. The van der Waals surface area contributed by atoms with Gasteiger partial charge in [-0.1, -0.05) is 18.2 Å². The van der Waals surface area contributed by atoms with Gasteiger partial charge in [0.1, 0.15) is 0 Å². The van der Waals surface area contributed by atoms with Gasteiger partial charge in [-0.2, -0.15) is 0 Å². The van der Waals surface area contributed by atoms with E-state index in [9.17, 15) is 4.79 Å². The molecule has 0 aliphatic heterocycles. The van der Waals surface area contributed by atoms with Gasteiger partial charge in [0, 0.05) is 9.58 Å². The minimum absolute atomic E-state index is 0.146. The smallest absolute Gasteiger partial charge is 0.305 e. The largest absolute Gasteiger partial charge is 0.469 e. The maximum atomic E-state index is 11.0. The van der Waals surface area contributed by atoms with E-state index in [-0.39, 0.29) is 5.97 Å². The summed E-state index contributed by atoms with van der Waals surface area (Å²) in [6, 6.07) is 10.4. The van der Waals surface area contributed by atoms with Crippen molar-refractivity contribution in [2.24, 2.45) is 0 Å². The minimum atomic E-state index is -0.146. The summed E-state index contributed by atoms with van der Waals surface area (Å²) < 4.78 is 5.89. The van der Waals surface area contributed by atoms with Gasteiger partial charge in [0.2, 0.25) is 0 Å². The number of hydrogen-bond acceptors (Lipinski definition) is 3. The molecule has 0 atom stereocenters. The van der Waals surface area contributed by atoms with Crippen LogP contribution in [0.1, 0.15) is 11.3 Å². The third kappa shape index (κ3) is 2.36. The Morgan fingerprint density at radius 2 is 2.20 bits per heavy atom. The van der Waals surface area contributed by atoms with E-state index < -0.39 is 0 Å². The number of ether oxygens (including phenoxy) is 1. The van der Waals surface area contributed by atoms with Crippen molar-refractivity contribution in [3.05, 3.63) is 35.2 Å². The highest BCUT2D eigenvalue weighted by molar-refractivity contribution is 7.19. The summed E-state index contributed by atoms with van der Waals surface area (Å²) in [4.78, 5) is 12.2. The van der Waals surface area contributed by atoms with Crippen LogP contribution in [0.4, 0.5) is 0 Å². The lowest BCUT2D eigenvalue weighted by atomic mass is 10.2. The molecule has 3 heteroatoms. The number of hydrogen-bond donors (Lipinski definition) is 0. The highest BCUT2D eigenvalue weighted by Gasteiger charge is 2.04. The number of methoxy groups -OCH3 is 1. The predicted molar refractivity (Wildman–Crippen MR) is 62.2 cm³/mol. The molecule has 78 valence electrons. The van der Waals surface area contributed by atoms with Crippen molar-refractivity contribution in [1.29, 1.82) is 0 Å². The zero-order valence-electron chi connectivity index (χ0n) is 8.53. The molecular formula is C12H12O2S. The molecule has 0 N–H and O–H groups in total. The molecular weight excluding hydrogens is 208 g/mol. The summed E-state index contributed by atoms with van der Waals surface area (Å²) in [5, 5.41) is 1.25. The lowest BCUT2D eigenvalue weighted by molar-refractivity contribution is -0.140. The van der Waals surface area contributed by atoms with Crippen LogP contribution in [0.5, 0.6) is 0 Å².